The van der Waals surface area contributed by atoms with Crippen LogP contribution in [-0.4, -0.2) is 6.71 Å². The second-order valence-electron chi connectivity index (χ2n) is 4.10. The van der Waals surface area contributed by atoms with Crippen LogP contribution in [0.3, 0.4) is 0 Å². The Labute approximate surface area is 97.7 Å². The van der Waals surface area contributed by atoms with Crippen molar-refractivity contribution in [3.05, 3.63) is 72.7 Å². The van der Waals surface area contributed by atoms with Gasteiger partial charge in [0.1, 0.15) is 0 Å². The number of rotatable bonds is 3. The molecule has 1 heteroatoms. The predicted molar refractivity (Wildman–Crippen MR) is 72.7 cm³/mol. The summed E-state index contributed by atoms with van der Waals surface area (Å²) < 4.78 is 0. The molecule has 0 saturated heterocycles. The standard InChI is InChI=1S/C15H15B/c1-13(2)16(14-9-5-3-6-10-14)15-11-7-4-8-12-15/h3-12H,1H2,2H3. The van der Waals surface area contributed by atoms with Gasteiger partial charge in [0.15, 0.2) is 0 Å². The molecule has 0 radical (unpaired) electrons. The van der Waals surface area contributed by atoms with Gasteiger partial charge in [-0.1, -0.05) is 78.5 Å². The molecule has 0 unspecified atom stereocenters. The fraction of sp³-hybridized carbons (Fsp3) is 0.0667. The van der Waals surface area contributed by atoms with E-state index in [1.807, 2.05) is 12.1 Å². The summed E-state index contributed by atoms with van der Waals surface area (Å²) in [5.41, 5.74) is 3.79. The minimum Gasteiger partial charge on any atom is -0.108 e. The van der Waals surface area contributed by atoms with Crippen LogP contribution in [0.1, 0.15) is 6.92 Å². The number of hydrogen-bond acceptors (Lipinski definition) is 0. The van der Waals surface area contributed by atoms with Crippen molar-refractivity contribution in [2.45, 2.75) is 6.92 Å². The van der Waals surface area contributed by atoms with Gasteiger partial charge in [-0.3, -0.25) is 0 Å². The first-order valence-corrected chi connectivity index (χ1v) is 5.54. The molecule has 0 fully saturated rings. The van der Waals surface area contributed by atoms with Crippen molar-refractivity contribution in [2.75, 3.05) is 0 Å². The highest BCUT2D eigenvalue weighted by molar-refractivity contribution is 6.90. The Morgan fingerprint density at radius 1 is 0.812 bits per heavy atom. The number of allylic oxidation sites excluding steroid dienone is 1. The fourth-order valence-corrected chi connectivity index (χ4v) is 2.05. The van der Waals surface area contributed by atoms with Crippen molar-refractivity contribution in [3.63, 3.8) is 0 Å². The lowest BCUT2D eigenvalue weighted by Crippen LogP contribution is -2.43. The molecule has 0 saturated carbocycles. The maximum Gasteiger partial charge on any atom is 0.236 e. The summed E-state index contributed by atoms with van der Waals surface area (Å²) in [6.07, 6.45) is 0. The molecule has 0 aromatic heterocycles. The predicted octanol–water partition coefficient (Wildman–Crippen LogP) is 2.41. The zero-order valence-electron chi connectivity index (χ0n) is 9.56. The van der Waals surface area contributed by atoms with Crippen molar-refractivity contribution in [3.8, 4) is 0 Å². The second-order valence-corrected chi connectivity index (χ2v) is 4.10. The molecule has 0 atom stereocenters. The van der Waals surface area contributed by atoms with E-state index in [1.165, 1.54) is 16.4 Å². The van der Waals surface area contributed by atoms with E-state index >= 15 is 0 Å². The van der Waals surface area contributed by atoms with Gasteiger partial charge in [0.05, 0.1) is 0 Å². The third-order valence-corrected chi connectivity index (χ3v) is 2.76. The van der Waals surface area contributed by atoms with E-state index in [2.05, 4.69) is 62.0 Å². The Kier molecular flexibility index (Phi) is 3.26. The SMILES string of the molecule is C=C(C)B(c1ccccc1)c1ccccc1. The summed E-state index contributed by atoms with van der Waals surface area (Å²) in [6, 6.07) is 21.0. The van der Waals surface area contributed by atoms with Crippen LogP contribution in [0, 0.1) is 0 Å². The third-order valence-electron chi connectivity index (χ3n) is 2.76. The zero-order valence-corrected chi connectivity index (χ0v) is 9.56. The Balaban J connectivity index is 2.44. The molecule has 0 aliphatic carbocycles. The Bertz CT molecular complexity index is 420. The van der Waals surface area contributed by atoms with Gasteiger partial charge < -0.3 is 0 Å². The van der Waals surface area contributed by atoms with E-state index in [-0.39, 0.29) is 0 Å². The highest BCUT2D eigenvalue weighted by atomic mass is 13.9. The minimum atomic E-state index is 0.308. The van der Waals surface area contributed by atoms with Gasteiger partial charge in [-0.2, -0.15) is 0 Å². The molecule has 78 valence electrons. The van der Waals surface area contributed by atoms with Crippen LogP contribution in [0.2, 0.25) is 0 Å². The van der Waals surface area contributed by atoms with E-state index in [4.69, 9.17) is 0 Å². The maximum atomic E-state index is 4.11. The normalized spacial score (nSPS) is 9.81. The summed E-state index contributed by atoms with van der Waals surface area (Å²) in [6.45, 7) is 6.50. The molecule has 0 spiro atoms. The lowest BCUT2D eigenvalue weighted by Gasteiger charge is -2.14. The van der Waals surface area contributed by atoms with Gasteiger partial charge >= 0.3 is 0 Å². The van der Waals surface area contributed by atoms with E-state index in [9.17, 15) is 0 Å². The molecule has 16 heavy (non-hydrogen) atoms. The molecule has 0 heterocycles. The van der Waals surface area contributed by atoms with Crippen molar-refractivity contribution in [2.24, 2.45) is 0 Å². The highest BCUT2D eigenvalue weighted by Gasteiger charge is 2.18. The van der Waals surface area contributed by atoms with Crippen LogP contribution in [0.25, 0.3) is 0 Å². The molecule has 0 nitrogen and oxygen atoms in total. The Morgan fingerprint density at radius 3 is 1.50 bits per heavy atom. The monoisotopic (exact) mass is 206 g/mol. The zero-order chi connectivity index (χ0) is 11.4. The van der Waals surface area contributed by atoms with E-state index < -0.39 is 0 Å². The van der Waals surface area contributed by atoms with Gasteiger partial charge in [0.25, 0.3) is 0 Å². The fourth-order valence-electron chi connectivity index (χ4n) is 2.05. The summed E-state index contributed by atoms with van der Waals surface area (Å²) in [5, 5.41) is 0. The first-order chi connectivity index (χ1) is 7.79. The summed E-state index contributed by atoms with van der Waals surface area (Å²) in [4.78, 5) is 0. The lowest BCUT2D eigenvalue weighted by atomic mass is 9.37. The molecule has 0 aliphatic rings. The molecule has 2 aromatic rings. The average Bonchev–Trinajstić information content (AvgIpc) is 2.31. The lowest BCUT2D eigenvalue weighted by molar-refractivity contribution is 1.64. The van der Waals surface area contributed by atoms with Crippen molar-refractivity contribution < 1.29 is 0 Å². The summed E-state index contributed by atoms with van der Waals surface area (Å²) in [7, 11) is 0. The summed E-state index contributed by atoms with van der Waals surface area (Å²) in [5.74, 6) is 0. The molecule has 0 aliphatic heterocycles. The molecule has 0 amide bonds. The Hall–Kier alpha value is -1.76. The van der Waals surface area contributed by atoms with Crippen molar-refractivity contribution in [1.82, 2.24) is 0 Å². The van der Waals surface area contributed by atoms with Gasteiger partial charge in [0, 0.05) is 0 Å². The second kappa shape index (κ2) is 4.85. The van der Waals surface area contributed by atoms with Crippen molar-refractivity contribution in [1.29, 1.82) is 0 Å². The summed E-state index contributed by atoms with van der Waals surface area (Å²) >= 11 is 0. The van der Waals surface area contributed by atoms with Crippen LogP contribution in [0.4, 0.5) is 0 Å². The van der Waals surface area contributed by atoms with Crippen LogP contribution in [-0.2, 0) is 0 Å². The van der Waals surface area contributed by atoms with Crippen LogP contribution in [0.15, 0.2) is 72.7 Å². The molecule has 2 rings (SSSR count). The smallest absolute Gasteiger partial charge is 0.108 e. The highest BCUT2D eigenvalue weighted by Crippen LogP contribution is 2.00. The maximum absolute atomic E-state index is 4.11. The van der Waals surface area contributed by atoms with Crippen LogP contribution in [0.5, 0.6) is 0 Å². The average molecular weight is 206 g/mol. The van der Waals surface area contributed by atoms with E-state index in [0.29, 0.717) is 6.71 Å². The number of benzene rings is 2. The largest absolute Gasteiger partial charge is 0.236 e. The van der Waals surface area contributed by atoms with Crippen molar-refractivity contribution >= 4 is 17.6 Å². The topological polar surface area (TPSA) is 0 Å². The molecular weight excluding hydrogens is 191 g/mol. The number of hydrogen-bond donors (Lipinski definition) is 0. The molecule has 0 N–H and O–H groups in total. The van der Waals surface area contributed by atoms with Gasteiger partial charge in [-0.05, 0) is 0 Å². The van der Waals surface area contributed by atoms with Gasteiger partial charge in [0.2, 0.25) is 6.71 Å². The quantitative estimate of drug-likeness (QED) is 0.676. The van der Waals surface area contributed by atoms with E-state index in [0.717, 1.165) is 0 Å². The van der Waals surface area contributed by atoms with Gasteiger partial charge in [-0.15, -0.1) is 12.1 Å². The van der Waals surface area contributed by atoms with Crippen LogP contribution >= 0.6 is 0 Å². The van der Waals surface area contributed by atoms with Crippen LogP contribution < -0.4 is 10.9 Å². The third kappa shape index (κ3) is 2.25. The molecule has 2 aromatic carbocycles. The minimum absolute atomic E-state index is 0.308. The Morgan fingerprint density at radius 2 is 1.19 bits per heavy atom. The molecule has 0 bridgehead atoms. The first kappa shape index (κ1) is 10.8. The van der Waals surface area contributed by atoms with E-state index in [1.54, 1.807) is 0 Å². The van der Waals surface area contributed by atoms with Gasteiger partial charge in [-0.25, -0.2) is 0 Å². The molecular formula is C15H15B. The first-order valence-electron chi connectivity index (χ1n) is 5.54.